The van der Waals surface area contributed by atoms with E-state index >= 15 is 0 Å². The highest BCUT2D eigenvalue weighted by molar-refractivity contribution is 6.05. The Morgan fingerprint density at radius 2 is 2.00 bits per heavy atom. The van der Waals surface area contributed by atoms with Gasteiger partial charge < -0.3 is 24.4 Å². The van der Waals surface area contributed by atoms with Gasteiger partial charge in [0.05, 0.1) is 30.8 Å². The molecule has 3 saturated heterocycles. The van der Waals surface area contributed by atoms with E-state index < -0.39 is 41.1 Å². The number of carbonyl (C=O) groups excluding carboxylic acids is 3. The summed E-state index contributed by atoms with van der Waals surface area (Å²) < 4.78 is 12.3. The number of hydrogen-bond donors (Lipinski definition) is 1. The van der Waals surface area contributed by atoms with Crippen molar-refractivity contribution in [1.82, 2.24) is 4.90 Å². The maximum atomic E-state index is 14.8. The number of benzene rings is 1. The second-order valence-corrected chi connectivity index (χ2v) is 11.5. The third-order valence-electron chi connectivity index (χ3n) is 9.47. The van der Waals surface area contributed by atoms with Crippen LogP contribution in [0.1, 0.15) is 64.5 Å². The topological polar surface area (TPSA) is 96.4 Å². The molecule has 2 amide bonds. The van der Waals surface area contributed by atoms with Gasteiger partial charge in [-0.05, 0) is 63.1 Å². The molecule has 0 aliphatic carbocycles. The first-order valence-corrected chi connectivity index (χ1v) is 14.4. The molecule has 214 valence electrons. The minimum Gasteiger partial charge on any atom is -0.466 e. The van der Waals surface area contributed by atoms with E-state index in [1.165, 1.54) is 0 Å². The van der Waals surface area contributed by atoms with Crippen molar-refractivity contribution in [2.24, 2.45) is 17.8 Å². The number of rotatable bonds is 11. The van der Waals surface area contributed by atoms with Gasteiger partial charge >= 0.3 is 5.97 Å². The smallest absolute Gasteiger partial charge is 0.312 e. The van der Waals surface area contributed by atoms with Crippen molar-refractivity contribution < 1.29 is 29.0 Å². The standard InChI is InChI=1S/C31H44N2O6/c1-8-16-32(22-17-19(5)12-13-21(22)7)28(36)26-31-15-14-30(10-3,39-31)25(29(37)38-11-4)24(31)27(35)33(26)23(18-34)20(6)9-2/h8,12-13,17,20,23-26,34H,1,9-11,14-16,18H2,2-7H3/t20-,23-,24-,25+,26?,30-,31?/m0/s1. The van der Waals surface area contributed by atoms with Crippen LogP contribution in [0.3, 0.4) is 0 Å². The van der Waals surface area contributed by atoms with Crippen molar-refractivity contribution in [2.75, 3.05) is 24.7 Å². The highest BCUT2D eigenvalue weighted by Crippen LogP contribution is 2.65. The van der Waals surface area contributed by atoms with E-state index in [0.29, 0.717) is 25.7 Å². The third kappa shape index (κ3) is 4.40. The second kappa shape index (κ2) is 11.0. The highest BCUT2D eigenvalue weighted by atomic mass is 16.6. The zero-order chi connectivity index (χ0) is 28.7. The number of esters is 1. The van der Waals surface area contributed by atoms with Crippen molar-refractivity contribution in [3.05, 3.63) is 42.0 Å². The Kier molecular flexibility index (Phi) is 8.29. The van der Waals surface area contributed by atoms with Crippen LogP contribution in [0.2, 0.25) is 0 Å². The second-order valence-electron chi connectivity index (χ2n) is 11.5. The minimum atomic E-state index is -1.18. The first-order chi connectivity index (χ1) is 18.6. The average molecular weight is 541 g/mol. The van der Waals surface area contributed by atoms with Crippen LogP contribution in [-0.4, -0.2) is 70.8 Å². The number of anilines is 1. The number of carbonyl (C=O) groups is 3. The first kappa shape index (κ1) is 29.3. The van der Waals surface area contributed by atoms with Crippen LogP contribution in [0, 0.1) is 31.6 Å². The number of fused-ring (bicyclic) bond motifs is 1. The lowest BCUT2D eigenvalue weighted by Gasteiger charge is -2.41. The van der Waals surface area contributed by atoms with E-state index in [1.807, 2.05) is 52.8 Å². The summed E-state index contributed by atoms with van der Waals surface area (Å²) in [4.78, 5) is 45.9. The monoisotopic (exact) mass is 540 g/mol. The summed E-state index contributed by atoms with van der Waals surface area (Å²) in [5.74, 6) is -2.75. The lowest BCUT2D eigenvalue weighted by Crippen LogP contribution is -2.60. The van der Waals surface area contributed by atoms with E-state index in [1.54, 1.807) is 22.8 Å². The molecule has 3 aliphatic rings. The van der Waals surface area contributed by atoms with Gasteiger partial charge in [0.25, 0.3) is 5.91 Å². The zero-order valence-corrected chi connectivity index (χ0v) is 24.2. The van der Waals surface area contributed by atoms with E-state index in [9.17, 15) is 19.5 Å². The molecule has 2 bridgehead atoms. The summed E-state index contributed by atoms with van der Waals surface area (Å²) in [5, 5.41) is 10.6. The van der Waals surface area contributed by atoms with E-state index in [0.717, 1.165) is 16.8 Å². The van der Waals surface area contributed by atoms with Gasteiger partial charge in [-0.3, -0.25) is 14.4 Å². The van der Waals surface area contributed by atoms with E-state index in [2.05, 4.69) is 6.58 Å². The molecule has 4 rings (SSSR count). The highest BCUT2D eigenvalue weighted by Gasteiger charge is 2.79. The Morgan fingerprint density at radius 1 is 1.28 bits per heavy atom. The fourth-order valence-corrected chi connectivity index (χ4v) is 7.29. The van der Waals surface area contributed by atoms with Crippen molar-refractivity contribution >= 4 is 23.5 Å². The summed E-state index contributed by atoms with van der Waals surface area (Å²) >= 11 is 0. The van der Waals surface area contributed by atoms with Crippen LogP contribution >= 0.6 is 0 Å². The van der Waals surface area contributed by atoms with Gasteiger partial charge in [0.1, 0.15) is 17.6 Å². The van der Waals surface area contributed by atoms with Crippen molar-refractivity contribution in [3.8, 4) is 0 Å². The molecule has 1 aromatic carbocycles. The number of ether oxygens (including phenoxy) is 2. The summed E-state index contributed by atoms with van der Waals surface area (Å²) in [6.45, 7) is 15.7. The summed E-state index contributed by atoms with van der Waals surface area (Å²) in [7, 11) is 0. The van der Waals surface area contributed by atoms with Crippen LogP contribution in [0.25, 0.3) is 0 Å². The quantitative estimate of drug-likeness (QED) is 0.337. The van der Waals surface area contributed by atoms with Crippen molar-refractivity contribution in [2.45, 2.75) is 90.5 Å². The van der Waals surface area contributed by atoms with Crippen LogP contribution in [0.4, 0.5) is 5.69 Å². The summed E-state index contributed by atoms with van der Waals surface area (Å²) in [5.41, 5.74) is 0.638. The maximum absolute atomic E-state index is 14.8. The van der Waals surface area contributed by atoms with E-state index in [4.69, 9.17) is 9.47 Å². The molecule has 8 nitrogen and oxygen atoms in total. The lowest BCUT2D eigenvalue weighted by molar-refractivity contribution is -0.162. The van der Waals surface area contributed by atoms with Gasteiger partial charge in [-0.15, -0.1) is 6.58 Å². The largest absolute Gasteiger partial charge is 0.466 e. The molecular formula is C31H44N2O6. The minimum absolute atomic E-state index is 0.0728. The maximum Gasteiger partial charge on any atom is 0.312 e. The number of nitrogens with zero attached hydrogens (tertiary/aromatic N) is 2. The normalized spacial score (nSPS) is 30.7. The van der Waals surface area contributed by atoms with Gasteiger partial charge in [-0.25, -0.2) is 0 Å². The van der Waals surface area contributed by atoms with Gasteiger partial charge in [0.2, 0.25) is 5.91 Å². The first-order valence-electron chi connectivity index (χ1n) is 14.4. The molecule has 39 heavy (non-hydrogen) atoms. The van der Waals surface area contributed by atoms with Gasteiger partial charge in [-0.2, -0.15) is 0 Å². The van der Waals surface area contributed by atoms with Crippen LogP contribution in [0.15, 0.2) is 30.9 Å². The molecule has 1 aromatic rings. The SMILES string of the molecule is C=CCN(C(=O)C1N([C@@H](CO)[C@@H](C)CC)C(=O)[C@@H]2[C@H](C(=O)OCC)[C@]3(CC)CCC12O3)c1cc(C)ccc1C. The van der Waals surface area contributed by atoms with Crippen LogP contribution in [0.5, 0.6) is 0 Å². The molecule has 0 aromatic heterocycles. The number of aliphatic hydroxyl groups excluding tert-OH is 1. The fraction of sp³-hybridized carbons (Fsp3) is 0.645. The molecule has 3 fully saturated rings. The number of amides is 2. The zero-order valence-electron chi connectivity index (χ0n) is 24.2. The Morgan fingerprint density at radius 3 is 2.59 bits per heavy atom. The molecule has 0 radical (unpaired) electrons. The molecule has 3 aliphatic heterocycles. The lowest BCUT2D eigenvalue weighted by atomic mass is 9.65. The average Bonchev–Trinajstić information content (AvgIpc) is 3.53. The predicted molar refractivity (Wildman–Crippen MR) is 149 cm³/mol. The molecule has 8 heteroatoms. The Hall–Kier alpha value is -2.71. The van der Waals surface area contributed by atoms with Gasteiger partial charge in [0.15, 0.2) is 0 Å². The number of hydrogen-bond acceptors (Lipinski definition) is 6. The predicted octanol–water partition coefficient (Wildman–Crippen LogP) is 3.95. The number of likely N-dealkylation sites (tertiary alicyclic amines) is 1. The van der Waals surface area contributed by atoms with Crippen molar-refractivity contribution in [1.29, 1.82) is 0 Å². The molecule has 0 saturated carbocycles. The molecular weight excluding hydrogens is 496 g/mol. The number of aliphatic hydroxyl groups is 1. The van der Waals surface area contributed by atoms with E-state index in [-0.39, 0.29) is 37.5 Å². The molecule has 3 heterocycles. The Bertz CT molecular complexity index is 1140. The van der Waals surface area contributed by atoms with Gasteiger partial charge in [0, 0.05) is 12.2 Å². The molecule has 2 unspecified atom stereocenters. The molecule has 7 atom stereocenters. The summed E-state index contributed by atoms with van der Waals surface area (Å²) in [6.07, 6.45) is 3.96. The van der Waals surface area contributed by atoms with Crippen LogP contribution in [-0.2, 0) is 23.9 Å². The summed E-state index contributed by atoms with van der Waals surface area (Å²) in [6, 6.07) is 4.35. The van der Waals surface area contributed by atoms with Gasteiger partial charge in [-0.1, -0.05) is 45.4 Å². The van der Waals surface area contributed by atoms with Crippen LogP contribution < -0.4 is 4.90 Å². The Labute approximate surface area is 232 Å². The fourth-order valence-electron chi connectivity index (χ4n) is 7.29. The molecule has 1 N–H and O–H groups in total. The Balaban J connectivity index is 1.91. The van der Waals surface area contributed by atoms with Crippen molar-refractivity contribution in [3.63, 3.8) is 0 Å². The molecule has 1 spiro atoms. The third-order valence-corrected chi connectivity index (χ3v) is 9.47. The number of aryl methyl sites for hydroxylation is 2.